The van der Waals surface area contributed by atoms with Crippen LogP contribution in [0.2, 0.25) is 0 Å². The molecular weight excluding hydrogens is 314 g/mol. The van der Waals surface area contributed by atoms with Gasteiger partial charge in [0.05, 0.1) is 12.3 Å². The highest BCUT2D eigenvalue weighted by Gasteiger charge is 2.25. The van der Waals surface area contributed by atoms with Gasteiger partial charge in [-0.15, -0.1) is 0 Å². The van der Waals surface area contributed by atoms with Crippen LogP contribution in [-0.4, -0.2) is 19.1 Å². The number of amides is 1. The summed E-state index contributed by atoms with van der Waals surface area (Å²) in [6, 6.07) is 9.69. The summed E-state index contributed by atoms with van der Waals surface area (Å²) >= 11 is 0. The molecule has 1 heterocycles. The van der Waals surface area contributed by atoms with Crippen LogP contribution in [-0.2, 0) is 4.79 Å². The smallest absolute Gasteiger partial charge is 0.229 e. The summed E-state index contributed by atoms with van der Waals surface area (Å²) in [7, 11) is 0. The number of nitrogens with two attached hydrogens (primary N) is 1. The van der Waals surface area contributed by atoms with Crippen LogP contribution in [0.25, 0.3) is 0 Å². The van der Waals surface area contributed by atoms with Crippen LogP contribution < -0.4 is 15.4 Å². The summed E-state index contributed by atoms with van der Waals surface area (Å²) in [5.74, 6) is -0.968. The Morgan fingerprint density at radius 1 is 1.21 bits per heavy atom. The summed E-state index contributed by atoms with van der Waals surface area (Å²) in [5.41, 5.74) is 7.16. The molecule has 6 heteroatoms. The van der Waals surface area contributed by atoms with Crippen molar-refractivity contribution in [3.63, 3.8) is 0 Å². The van der Waals surface area contributed by atoms with Crippen LogP contribution in [0.1, 0.15) is 24.4 Å². The Morgan fingerprint density at radius 3 is 2.71 bits per heavy atom. The van der Waals surface area contributed by atoms with E-state index in [0.717, 1.165) is 0 Å². The number of para-hydroxylation sites is 1. The summed E-state index contributed by atoms with van der Waals surface area (Å²) in [4.78, 5) is 14.2. The first-order chi connectivity index (χ1) is 11.6. The van der Waals surface area contributed by atoms with Gasteiger partial charge in [-0.3, -0.25) is 4.79 Å². The molecule has 0 aromatic heterocycles. The van der Waals surface area contributed by atoms with Gasteiger partial charge in [0, 0.05) is 19.0 Å². The average Bonchev–Trinajstić information content (AvgIpc) is 2.79. The van der Waals surface area contributed by atoms with Crippen molar-refractivity contribution in [1.29, 1.82) is 0 Å². The molecule has 0 radical (unpaired) electrons. The van der Waals surface area contributed by atoms with Gasteiger partial charge in [0.2, 0.25) is 5.91 Å². The lowest BCUT2D eigenvalue weighted by molar-refractivity contribution is -0.119. The van der Waals surface area contributed by atoms with Crippen molar-refractivity contribution in [3.8, 4) is 5.75 Å². The molecule has 2 N–H and O–H groups in total. The van der Waals surface area contributed by atoms with Crippen LogP contribution in [0.15, 0.2) is 42.5 Å². The fraction of sp³-hybridized carbons (Fsp3) is 0.278. The lowest BCUT2D eigenvalue weighted by Crippen LogP contribution is -2.33. The molecular formula is C18H18F2N2O2. The van der Waals surface area contributed by atoms with Crippen LogP contribution in [0.4, 0.5) is 14.5 Å². The molecule has 0 fully saturated rings. The minimum atomic E-state index is -0.556. The Hall–Kier alpha value is -2.47. The fourth-order valence-corrected chi connectivity index (χ4v) is 2.76. The molecule has 0 saturated heterocycles. The molecule has 0 saturated carbocycles. The molecule has 1 amide bonds. The minimum absolute atomic E-state index is 0.0432. The normalized spacial score (nSPS) is 15.2. The molecule has 3 rings (SSSR count). The zero-order valence-electron chi connectivity index (χ0n) is 13.0. The van der Waals surface area contributed by atoms with Crippen molar-refractivity contribution < 1.29 is 18.3 Å². The van der Waals surface area contributed by atoms with E-state index in [1.165, 1.54) is 23.1 Å². The number of carbonyl (C=O) groups is 1. The summed E-state index contributed by atoms with van der Waals surface area (Å²) in [5, 5.41) is 0. The predicted molar refractivity (Wildman–Crippen MR) is 86.8 cm³/mol. The Bertz CT molecular complexity index is 734. The van der Waals surface area contributed by atoms with Gasteiger partial charge in [0.1, 0.15) is 5.82 Å². The van der Waals surface area contributed by atoms with Crippen molar-refractivity contribution in [2.45, 2.75) is 18.9 Å². The molecule has 2 aromatic carbocycles. The van der Waals surface area contributed by atoms with Gasteiger partial charge in [-0.05, 0) is 36.2 Å². The topological polar surface area (TPSA) is 55.6 Å². The van der Waals surface area contributed by atoms with Gasteiger partial charge in [-0.25, -0.2) is 8.78 Å². The maximum Gasteiger partial charge on any atom is 0.229 e. The van der Waals surface area contributed by atoms with E-state index in [0.29, 0.717) is 30.8 Å². The highest BCUT2D eigenvalue weighted by molar-refractivity contribution is 5.95. The Kier molecular flexibility index (Phi) is 4.76. The average molecular weight is 332 g/mol. The largest absolute Gasteiger partial charge is 0.488 e. The predicted octanol–water partition coefficient (Wildman–Crippen LogP) is 3.17. The van der Waals surface area contributed by atoms with E-state index in [9.17, 15) is 13.6 Å². The van der Waals surface area contributed by atoms with E-state index in [1.54, 1.807) is 24.3 Å². The lowest BCUT2D eigenvalue weighted by atomic mass is 10.0. The highest BCUT2D eigenvalue weighted by Crippen LogP contribution is 2.34. The molecule has 24 heavy (non-hydrogen) atoms. The van der Waals surface area contributed by atoms with Gasteiger partial charge < -0.3 is 15.4 Å². The number of anilines is 1. The van der Waals surface area contributed by atoms with Crippen molar-refractivity contribution in [2.24, 2.45) is 5.73 Å². The van der Waals surface area contributed by atoms with Crippen molar-refractivity contribution in [3.05, 3.63) is 59.7 Å². The third-order valence-corrected chi connectivity index (χ3v) is 4.00. The third kappa shape index (κ3) is 3.38. The second-order valence-corrected chi connectivity index (χ2v) is 5.70. The Labute approximate surface area is 138 Å². The number of nitrogens with zero attached hydrogens (tertiary/aromatic N) is 1. The van der Waals surface area contributed by atoms with Crippen LogP contribution in [0.5, 0.6) is 5.75 Å². The molecule has 1 aliphatic rings. The first kappa shape index (κ1) is 16.4. The SMILES string of the molecule is NC(CC(=O)N1CCCOc2c(F)cccc21)c1ccc(F)cc1. The monoisotopic (exact) mass is 332 g/mol. The number of hydrogen-bond acceptors (Lipinski definition) is 3. The molecule has 1 unspecified atom stereocenters. The molecule has 4 nitrogen and oxygen atoms in total. The lowest BCUT2D eigenvalue weighted by Gasteiger charge is -2.23. The second kappa shape index (κ2) is 6.97. The van der Waals surface area contributed by atoms with Gasteiger partial charge in [0.25, 0.3) is 0 Å². The molecule has 0 bridgehead atoms. The molecule has 0 aliphatic carbocycles. The van der Waals surface area contributed by atoms with Crippen LogP contribution in [0, 0.1) is 11.6 Å². The number of carbonyl (C=O) groups excluding carboxylic acids is 1. The summed E-state index contributed by atoms with van der Waals surface area (Å²) in [6.07, 6.45) is 0.646. The van der Waals surface area contributed by atoms with Gasteiger partial charge in [0.15, 0.2) is 11.6 Å². The summed E-state index contributed by atoms with van der Waals surface area (Å²) in [6.45, 7) is 0.785. The van der Waals surface area contributed by atoms with E-state index in [4.69, 9.17) is 10.5 Å². The zero-order chi connectivity index (χ0) is 17.1. The highest BCUT2D eigenvalue weighted by atomic mass is 19.1. The molecule has 126 valence electrons. The number of benzene rings is 2. The first-order valence-electron chi connectivity index (χ1n) is 7.79. The van der Waals surface area contributed by atoms with Gasteiger partial charge in [-0.2, -0.15) is 0 Å². The van der Waals surface area contributed by atoms with E-state index in [2.05, 4.69) is 0 Å². The minimum Gasteiger partial charge on any atom is -0.488 e. The van der Waals surface area contributed by atoms with E-state index >= 15 is 0 Å². The van der Waals surface area contributed by atoms with E-state index < -0.39 is 11.9 Å². The van der Waals surface area contributed by atoms with Crippen molar-refractivity contribution in [1.82, 2.24) is 0 Å². The maximum atomic E-state index is 13.9. The third-order valence-electron chi connectivity index (χ3n) is 4.00. The van der Waals surface area contributed by atoms with Crippen molar-refractivity contribution in [2.75, 3.05) is 18.1 Å². The number of hydrogen-bond donors (Lipinski definition) is 1. The number of fused-ring (bicyclic) bond motifs is 1. The van der Waals surface area contributed by atoms with Crippen LogP contribution in [0.3, 0.4) is 0 Å². The van der Waals surface area contributed by atoms with Gasteiger partial charge in [-0.1, -0.05) is 18.2 Å². The van der Waals surface area contributed by atoms with E-state index in [1.807, 2.05) is 0 Å². The van der Waals surface area contributed by atoms with E-state index in [-0.39, 0.29) is 23.9 Å². The van der Waals surface area contributed by atoms with Gasteiger partial charge >= 0.3 is 0 Å². The standard InChI is InChI=1S/C18H18F2N2O2/c19-13-7-5-12(6-8-13)15(21)11-17(23)22-9-2-10-24-18-14(20)3-1-4-16(18)22/h1,3-8,15H,2,9-11,21H2. The number of halogens is 2. The number of rotatable bonds is 3. The first-order valence-corrected chi connectivity index (χ1v) is 7.79. The second-order valence-electron chi connectivity index (χ2n) is 5.70. The van der Waals surface area contributed by atoms with Crippen LogP contribution >= 0.6 is 0 Å². The maximum absolute atomic E-state index is 13.9. The quantitative estimate of drug-likeness (QED) is 0.939. The fourth-order valence-electron chi connectivity index (χ4n) is 2.76. The molecule has 2 aromatic rings. The summed E-state index contributed by atoms with van der Waals surface area (Å²) < 4.78 is 32.3. The molecule has 1 atom stereocenters. The Balaban J connectivity index is 1.80. The van der Waals surface area contributed by atoms with Crippen molar-refractivity contribution >= 4 is 11.6 Å². The molecule has 1 aliphatic heterocycles. The Morgan fingerprint density at radius 2 is 1.96 bits per heavy atom. The number of ether oxygens (including phenoxy) is 1. The molecule has 0 spiro atoms. The zero-order valence-corrected chi connectivity index (χ0v) is 13.0.